The second-order valence-electron chi connectivity index (χ2n) is 4.49. The molecule has 0 fully saturated rings. The van der Waals surface area contributed by atoms with Crippen LogP contribution in [0.3, 0.4) is 0 Å². The van der Waals surface area contributed by atoms with Gasteiger partial charge in [0.2, 0.25) is 5.75 Å². The van der Waals surface area contributed by atoms with Crippen molar-refractivity contribution in [1.29, 1.82) is 0 Å². The number of hydrogen-bond donors (Lipinski definition) is 1. The van der Waals surface area contributed by atoms with E-state index in [-0.39, 0.29) is 0 Å². The highest BCUT2D eigenvalue weighted by Gasteiger charge is 2.16. The average Bonchev–Trinajstić information content (AvgIpc) is 2.44. The molecule has 1 N–H and O–H groups in total. The molecular weight excluding hydrogens is 240 g/mol. The van der Waals surface area contributed by atoms with Crippen LogP contribution in [-0.4, -0.2) is 36.7 Å². The average molecular weight is 266 g/mol. The summed E-state index contributed by atoms with van der Waals surface area (Å²) in [5, 5.41) is 3.29. The SMILES string of the molecule is CCCNc1ncnc(N(CCC)CCC)c1OC. The zero-order valence-corrected chi connectivity index (χ0v) is 12.6. The van der Waals surface area contributed by atoms with Gasteiger partial charge in [0.25, 0.3) is 0 Å². The lowest BCUT2D eigenvalue weighted by atomic mass is 10.3. The molecule has 1 heterocycles. The van der Waals surface area contributed by atoms with Crippen molar-refractivity contribution < 1.29 is 4.74 Å². The van der Waals surface area contributed by atoms with Crippen LogP contribution in [0.2, 0.25) is 0 Å². The first-order valence-electron chi connectivity index (χ1n) is 7.16. The Kier molecular flexibility index (Phi) is 7.00. The molecule has 5 nitrogen and oxygen atoms in total. The lowest BCUT2D eigenvalue weighted by Crippen LogP contribution is -2.26. The van der Waals surface area contributed by atoms with Gasteiger partial charge in [0.05, 0.1) is 7.11 Å². The molecule has 0 aromatic carbocycles. The number of nitrogens with zero attached hydrogens (tertiary/aromatic N) is 3. The molecule has 0 spiro atoms. The summed E-state index contributed by atoms with van der Waals surface area (Å²) in [6.07, 6.45) is 4.83. The van der Waals surface area contributed by atoms with Gasteiger partial charge in [-0.3, -0.25) is 0 Å². The standard InChI is InChI=1S/C14H26N4O/c1-5-8-15-13-12(19-4)14(17-11-16-13)18(9-6-2)10-7-3/h11H,5-10H2,1-4H3,(H,15,16,17). The van der Waals surface area contributed by atoms with Crippen molar-refractivity contribution in [3.05, 3.63) is 6.33 Å². The van der Waals surface area contributed by atoms with Crippen molar-refractivity contribution in [3.8, 4) is 5.75 Å². The second-order valence-corrected chi connectivity index (χ2v) is 4.49. The fraction of sp³-hybridized carbons (Fsp3) is 0.714. The smallest absolute Gasteiger partial charge is 0.204 e. The summed E-state index contributed by atoms with van der Waals surface area (Å²) in [6.45, 7) is 9.32. The Morgan fingerprint density at radius 1 is 1.11 bits per heavy atom. The molecule has 0 aliphatic heterocycles. The molecule has 19 heavy (non-hydrogen) atoms. The van der Waals surface area contributed by atoms with E-state index in [1.165, 1.54) is 0 Å². The van der Waals surface area contributed by atoms with Gasteiger partial charge in [0.15, 0.2) is 11.6 Å². The van der Waals surface area contributed by atoms with E-state index in [9.17, 15) is 0 Å². The maximum absolute atomic E-state index is 5.52. The third-order valence-corrected chi connectivity index (χ3v) is 2.82. The zero-order valence-electron chi connectivity index (χ0n) is 12.6. The number of aromatic nitrogens is 2. The Balaban J connectivity index is 3.02. The molecule has 0 radical (unpaired) electrons. The van der Waals surface area contributed by atoms with Gasteiger partial charge in [0, 0.05) is 19.6 Å². The van der Waals surface area contributed by atoms with E-state index >= 15 is 0 Å². The minimum atomic E-state index is 0.748. The summed E-state index contributed by atoms with van der Waals surface area (Å²) in [4.78, 5) is 10.9. The lowest BCUT2D eigenvalue weighted by molar-refractivity contribution is 0.412. The molecule has 5 heteroatoms. The minimum Gasteiger partial charge on any atom is -0.490 e. The van der Waals surface area contributed by atoms with Crippen LogP contribution >= 0.6 is 0 Å². The summed E-state index contributed by atoms with van der Waals surface area (Å²) >= 11 is 0. The van der Waals surface area contributed by atoms with E-state index in [0.29, 0.717) is 0 Å². The van der Waals surface area contributed by atoms with Crippen LogP contribution in [0.15, 0.2) is 6.33 Å². The number of nitrogens with one attached hydrogen (secondary N) is 1. The molecular formula is C14H26N4O. The van der Waals surface area contributed by atoms with Crippen LogP contribution < -0.4 is 15.0 Å². The van der Waals surface area contributed by atoms with E-state index in [4.69, 9.17) is 4.74 Å². The van der Waals surface area contributed by atoms with E-state index < -0.39 is 0 Å². The Morgan fingerprint density at radius 3 is 2.32 bits per heavy atom. The molecule has 0 aliphatic carbocycles. The molecule has 0 saturated carbocycles. The van der Waals surface area contributed by atoms with Crippen molar-refractivity contribution in [2.24, 2.45) is 0 Å². The molecule has 0 aliphatic rings. The monoisotopic (exact) mass is 266 g/mol. The molecule has 0 amide bonds. The zero-order chi connectivity index (χ0) is 14.1. The predicted octanol–water partition coefficient (Wildman–Crippen LogP) is 2.93. The maximum Gasteiger partial charge on any atom is 0.204 e. The van der Waals surface area contributed by atoms with Crippen molar-refractivity contribution in [2.45, 2.75) is 40.0 Å². The van der Waals surface area contributed by atoms with Crippen LogP contribution in [0.25, 0.3) is 0 Å². The molecule has 1 rings (SSSR count). The first-order chi connectivity index (χ1) is 9.28. The molecule has 1 aromatic rings. The van der Waals surface area contributed by atoms with Crippen LogP contribution in [-0.2, 0) is 0 Å². The first-order valence-corrected chi connectivity index (χ1v) is 7.16. The van der Waals surface area contributed by atoms with Crippen molar-refractivity contribution >= 4 is 11.6 Å². The highest BCUT2D eigenvalue weighted by Crippen LogP contribution is 2.32. The number of ether oxygens (including phenoxy) is 1. The summed E-state index contributed by atoms with van der Waals surface area (Å²) in [7, 11) is 1.68. The Hall–Kier alpha value is -1.52. The van der Waals surface area contributed by atoms with Gasteiger partial charge in [-0.2, -0.15) is 0 Å². The summed E-state index contributed by atoms with van der Waals surface area (Å²) in [5.74, 6) is 2.42. The van der Waals surface area contributed by atoms with Crippen LogP contribution in [0.5, 0.6) is 5.75 Å². The Labute approximate surface area is 116 Å². The highest BCUT2D eigenvalue weighted by molar-refractivity contribution is 5.64. The van der Waals surface area contributed by atoms with Crippen molar-refractivity contribution in [3.63, 3.8) is 0 Å². The van der Waals surface area contributed by atoms with Crippen LogP contribution in [0, 0.1) is 0 Å². The number of rotatable bonds is 9. The van der Waals surface area contributed by atoms with Gasteiger partial charge in [-0.15, -0.1) is 0 Å². The van der Waals surface area contributed by atoms with E-state index in [2.05, 4.69) is 41.0 Å². The fourth-order valence-electron chi connectivity index (χ4n) is 2.01. The second kappa shape index (κ2) is 8.56. The normalized spacial score (nSPS) is 10.3. The van der Waals surface area contributed by atoms with Gasteiger partial charge in [-0.05, 0) is 19.3 Å². The first kappa shape index (κ1) is 15.5. The third kappa shape index (κ3) is 4.26. The predicted molar refractivity (Wildman–Crippen MR) is 80.2 cm³/mol. The molecule has 108 valence electrons. The van der Waals surface area contributed by atoms with Gasteiger partial charge in [-0.1, -0.05) is 20.8 Å². The minimum absolute atomic E-state index is 0.748. The van der Waals surface area contributed by atoms with Crippen LogP contribution in [0.1, 0.15) is 40.0 Å². The van der Waals surface area contributed by atoms with Crippen LogP contribution in [0.4, 0.5) is 11.6 Å². The highest BCUT2D eigenvalue weighted by atomic mass is 16.5. The van der Waals surface area contributed by atoms with E-state index in [1.54, 1.807) is 13.4 Å². The molecule has 0 saturated heterocycles. The van der Waals surface area contributed by atoms with Crippen molar-refractivity contribution in [1.82, 2.24) is 9.97 Å². The van der Waals surface area contributed by atoms with Gasteiger partial charge < -0.3 is 15.0 Å². The van der Waals surface area contributed by atoms with Gasteiger partial charge >= 0.3 is 0 Å². The molecule has 0 bridgehead atoms. The topological polar surface area (TPSA) is 50.3 Å². The maximum atomic E-state index is 5.52. The number of hydrogen-bond acceptors (Lipinski definition) is 5. The quantitative estimate of drug-likeness (QED) is 0.744. The van der Waals surface area contributed by atoms with E-state index in [0.717, 1.165) is 56.3 Å². The lowest BCUT2D eigenvalue weighted by Gasteiger charge is -2.25. The summed E-state index contributed by atoms with van der Waals surface area (Å²) in [6, 6.07) is 0. The Bertz CT molecular complexity index is 364. The number of methoxy groups -OCH3 is 1. The summed E-state index contributed by atoms with van der Waals surface area (Å²) in [5.41, 5.74) is 0. The fourth-order valence-corrected chi connectivity index (χ4v) is 2.01. The Morgan fingerprint density at radius 2 is 1.79 bits per heavy atom. The van der Waals surface area contributed by atoms with Gasteiger partial charge in [0.1, 0.15) is 6.33 Å². The molecule has 0 unspecified atom stereocenters. The van der Waals surface area contributed by atoms with Gasteiger partial charge in [-0.25, -0.2) is 9.97 Å². The van der Waals surface area contributed by atoms with Crippen molar-refractivity contribution in [2.75, 3.05) is 37.0 Å². The third-order valence-electron chi connectivity index (χ3n) is 2.82. The largest absolute Gasteiger partial charge is 0.490 e. The summed E-state index contributed by atoms with van der Waals surface area (Å²) < 4.78 is 5.52. The number of anilines is 2. The van der Waals surface area contributed by atoms with E-state index in [1.807, 2.05) is 0 Å². The molecule has 1 aromatic heterocycles. The molecule has 0 atom stereocenters.